The number of rotatable bonds is 7. The molecule has 24 heavy (non-hydrogen) atoms. The van der Waals surface area contributed by atoms with Crippen molar-refractivity contribution in [1.29, 1.82) is 0 Å². The molecule has 0 aliphatic rings. The number of aryl methyl sites for hydroxylation is 2. The Morgan fingerprint density at radius 3 is 2.67 bits per heavy atom. The molecular formula is C16H23N5O3. The predicted molar refractivity (Wildman–Crippen MR) is 90.0 cm³/mol. The number of amides is 1. The van der Waals surface area contributed by atoms with Crippen LogP contribution in [-0.4, -0.2) is 31.8 Å². The molecule has 0 saturated carbocycles. The normalized spacial score (nSPS) is 10.8. The molecule has 8 heteroatoms. The molecule has 2 heterocycles. The van der Waals surface area contributed by atoms with Crippen LogP contribution in [0.5, 0.6) is 0 Å². The van der Waals surface area contributed by atoms with Crippen molar-refractivity contribution in [2.24, 2.45) is 0 Å². The molecule has 0 atom stereocenters. The van der Waals surface area contributed by atoms with Gasteiger partial charge in [-0.3, -0.25) is 19.3 Å². The van der Waals surface area contributed by atoms with E-state index in [0.29, 0.717) is 13.1 Å². The van der Waals surface area contributed by atoms with E-state index in [4.69, 9.17) is 0 Å². The zero-order valence-corrected chi connectivity index (χ0v) is 14.3. The minimum absolute atomic E-state index is 0.148. The van der Waals surface area contributed by atoms with E-state index in [1.807, 2.05) is 18.5 Å². The maximum absolute atomic E-state index is 11.9. The van der Waals surface area contributed by atoms with Crippen LogP contribution < -0.4 is 16.6 Å². The Morgan fingerprint density at radius 1 is 1.29 bits per heavy atom. The molecule has 0 fully saturated rings. The summed E-state index contributed by atoms with van der Waals surface area (Å²) in [5.41, 5.74) is 2.45. The van der Waals surface area contributed by atoms with Crippen LogP contribution in [0.2, 0.25) is 0 Å². The number of hydrogen-bond donors (Lipinski definition) is 2. The fourth-order valence-electron chi connectivity index (χ4n) is 2.70. The quantitative estimate of drug-likeness (QED) is 0.751. The summed E-state index contributed by atoms with van der Waals surface area (Å²) in [4.78, 5) is 36.5. The standard InChI is InChI=1S/C16H23N5O3/c1-4-13-11(2)19-21(12(13)3)10-7-17-14(22)5-8-20-9-6-15(23)18-16(20)24/h6,9H,4-5,7-8,10H2,1-3H3,(H,17,22)(H,18,23,24). The first-order valence-electron chi connectivity index (χ1n) is 8.01. The number of aromatic amines is 1. The molecule has 0 aromatic carbocycles. The third-order valence-electron chi connectivity index (χ3n) is 4.01. The van der Waals surface area contributed by atoms with Gasteiger partial charge in [0.05, 0.1) is 12.2 Å². The van der Waals surface area contributed by atoms with Crippen molar-refractivity contribution in [3.05, 3.63) is 50.1 Å². The summed E-state index contributed by atoms with van der Waals surface area (Å²) in [5.74, 6) is -0.148. The summed E-state index contributed by atoms with van der Waals surface area (Å²) < 4.78 is 3.20. The Hall–Kier alpha value is -2.64. The van der Waals surface area contributed by atoms with Crippen LogP contribution in [0.1, 0.15) is 30.3 Å². The van der Waals surface area contributed by atoms with Crippen molar-refractivity contribution in [1.82, 2.24) is 24.6 Å². The van der Waals surface area contributed by atoms with Gasteiger partial charge in [-0.25, -0.2) is 4.79 Å². The average Bonchev–Trinajstić information content (AvgIpc) is 2.80. The van der Waals surface area contributed by atoms with Crippen molar-refractivity contribution in [3.8, 4) is 0 Å². The highest BCUT2D eigenvalue weighted by Gasteiger charge is 2.09. The number of H-pyrrole nitrogens is 1. The molecule has 8 nitrogen and oxygen atoms in total. The highest BCUT2D eigenvalue weighted by Crippen LogP contribution is 2.12. The number of hydrogen-bond acceptors (Lipinski definition) is 4. The van der Waals surface area contributed by atoms with Gasteiger partial charge in [-0.2, -0.15) is 5.10 Å². The molecule has 2 aromatic heterocycles. The van der Waals surface area contributed by atoms with Gasteiger partial charge in [0.2, 0.25) is 5.91 Å². The lowest BCUT2D eigenvalue weighted by molar-refractivity contribution is -0.121. The monoisotopic (exact) mass is 333 g/mol. The van der Waals surface area contributed by atoms with Gasteiger partial charge >= 0.3 is 5.69 Å². The minimum atomic E-state index is -0.509. The third kappa shape index (κ3) is 4.21. The second kappa shape index (κ2) is 7.76. The van der Waals surface area contributed by atoms with Crippen molar-refractivity contribution in [2.75, 3.05) is 6.54 Å². The molecule has 130 valence electrons. The van der Waals surface area contributed by atoms with E-state index in [9.17, 15) is 14.4 Å². The molecule has 0 aliphatic heterocycles. The second-order valence-electron chi connectivity index (χ2n) is 5.63. The van der Waals surface area contributed by atoms with Crippen molar-refractivity contribution < 1.29 is 4.79 Å². The molecule has 1 amide bonds. The summed E-state index contributed by atoms with van der Waals surface area (Å²) in [5, 5.41) is 7.30. The summed E-state index contributed by atoms with van der Waals surface area (Å²) in [6.45, 7) is 7.43. The number of aromatic nitrogens is 4. The number of carbonyl (C=O) groups is 1. The van der Waals surface area contributed by atoms with Crippen molar-refractivity contribution in [3.63, 3.8) is 0 Å². The van der Waals surface area contributed by atoms with Gasteiger partial charge in [0.15, 0.2) is 0 Å². The lowest BCUT2D eigenvalue weighted by Crippen LogP contribution is -2.32. The van der Waals surface area contributed by atoms with Crippen molar-refractivity contribution >= 4 is 5.91 Å². The molecule has 0 bridgehead atoms. The van der Waals surface area contributed by atoms with Crippen LogP contribution >= 0.6 is 0 Å². The molecule has 2 N–H and O–H groups in total. The smallest absolute Gasteiger partial charge is 0.328 e. The number of nitrogens with zero attached hydrogens (tertiary/aromatic N) is 3. The molecule has 0 spiro atoms. The lowest BCUT2D eigenvalue weighted by atomic mass is 10.1. The van der Waals surface area contributed by atoms with Crippen LogP contribution in [-0.2, 0) is 24.3 Å². The first kappa shape index (κ1) is 17.7. The average molecular weight is 333 g/mol. The maximum atomic E-state index is 11.9. The predicted octanol–water partition coefficient (Wildman–Crippen LogP) is 0.119. The van der Waals surface area contributed by atoms with E-state index in [1.54, 1.807) is 0 Å². The highest BCUT2D eigenvalue weighted by molar-refractivity contribution is 5.75. The zero-order chi connectivity index (χ0) is 17.7. The van der Waals surface area contributed by atoms with Gasteiger partial charge in [0.1, 0.15) is 0 Å². The van der Waals surface area contributed by atoms with Crippen LogP contribution in [0.25, 0.3) is 0 Å². The maximum Gasteiger partial charge on any atom is 0.328 e. The van der Waals surface area contributed by atoms with Gasteiger partial charge < -0.3 is 9.88 Å². The molecule has 0 saturated heterocycles. The summed E-state index contributed by atoms with van der Waals surface area (Å²) in [7, 11) is 0. The van der Waals surface area contributed by atoms with E-state index < -0.39 is 11.2 Å². The van der Waals surface area contributed by atoms with Gasteiger partial charge in [0.25, 0.3) is 5.56 Å². The lowest BCUT2D eigenvalue weighted by Gasteiger charge is -2.08. The van der Waals surface area contributed by atoms with E-state index in [2.05, 4.69) is 22.3 Å². The summed E-state index contributed by atoms with van der Waals surface area (Å²) in [6.07, 6.45) is 2.50. The van der Waals surface area contributed by atoms with E-state index in [0.717, 1.165) is 17.8 Å². The summed E-state index contributed by atoms with van der Waals surface area (Å²) >= 11 is 0. The Bertz CT molecular complexity index is 831. The van der Waals surface area contributed by atoms with Gasteiger partial charge in [-0.15, -0.1) is 0 Å². The van der Waals surface area contributed by atoms with E-state index >= 15 is 0 Å². The Morgan fingerprint density at radius 2 is 2.04 bits per heavy atom. The summed E-state index contributed by atoms with van der Waals surface area (Å²) in [6, 6.07) is 1.26. The molecule has 0 radical (unpaired) electrons. The van der Waals surface area contributed by atoms with E-state index in [-0.39, 0.29) is 18.9 Å². The van der Waals surface area contributed by atoms with Gasteiger partial charge in [-0.1, -0.05) is 6.92 Å². The first-order chi connectivity index (χ1) is 11.4. The molecular weight excluding hydrogens is 310 g/mol. The van der Waals surface area contributed by atoms with Crippen LogP contribution in [0.4, 0.5) is 0 Å². The van der Waals surface area contributed by atoms with Gasteiger partial charge in [0, 0.05) is 37.5 Å². The van der Waals surface area contributed by atoms with Crippen LogP contribution in [0, 0.1) is 13.8 Å². The minimum Gasteiger partial charge on any atom is -0.354 e. The zero-order valence-electron chi connectivity index (χ0n) is 14.3. The fraction of sp³-hybridized carbons (Fsp3) is 0.500. The molecule has 0 aliphatic carbocycles. The Kier molecular flexibility index (Phi) is 5.73. The Balaban J connectivity index is 1.81. The molecule has 2 rings (SSSR count). The largest absolute Gasteiger partial charge is 0.354 e. The highest BCUT2D eigenvalue weighted by atomic mass is 16.2. The van der Waals surface area contributed by atoms with Gasteiger partial charge in [-0.05, 0) is 25.8 Å². The van der Waals surface area contributed by atoms with Crippen molar-refractivity contribution in [2.45, 2.75) is 46.7 Å². The first-order valence-corrected chi connectivity index (χ1v) is 8.01. The topological polar surface area (TPSA) is 102 Å². The van der Waals surface area contributed by atoms with Crippen LogP contribution in [0.3, 0.4) is 0 Å². The molecule has 2 aromatic rings. The number of carbonyl (C=O) groups excluding carboxylic acids is 1. The van der Waals surface area contributed by atoms with E-state index in [1.165, 1.54) is 22.4 Å². The fourth-order valence-corrected chi connectivity index (χ4v) is 2.70. The Labute approximate surface area is 139 Å². The SMILES string of the molecule is CCc1c(C)nn(CCNC(=O)CCn2ccc(=O)[nH]c2=O)c1C. The van der Waals surface area contributed by atoms with Crippen LogP contribution in [0.15, 0.2) is 21.9 Å². The molecule has 0 unspecified atom stereocenters. The second-order valence-corrected chi connectivity index (χ2v) is 5.63. The third-order valence-corrected chi connectivity index (χ3v) is 4.01. The number of nitrogens with one attached hydrogen (secondary N) is 2.